The number of rotatable bonds is 5. The highest BCUT2D eigenvalue weighted by Gasteiger charge is 2.46. The van der Waals surface area contributed by atoms with Crippen molar-refractivity contribution in [1.29, 1.82) is 5.26 Å². The van der Waals surface area contributed by atoms with E-state index in [1.807, 2.05) is 0 Å². The third-order valence-corrected chi connectivity index (χ3v) is 6.83. The van der Waals surface area contributed by atoms with Crippen molar-refractivity contribution in [2.75, 3.05) is 6.61 Å². The predicted molar refractivity (Wildman–Crippen MR) is 114 cm³/mol. The highest BCUT2D eigenvalue weighted by Crippen LogP contribution is 2.40. The van der Waals surface area contributed by atoms with E-state index in [1.165, 1.54) is 6.07 Å². The zero-order valence-electron chi connectivity index (χ0n) is 17.3. The number of aliphatic hydroxyl groups excluding tert-OH is 3. The van der Waals surface area contributed by atoms with Gasteiger partial charge in [-0.05, 0) is 24.3 Å². The summed E-state index contributed by atoms with van der Waals surface area (Å²) >= 11 is 6.66. The summed E-state index contributed by atoms with van der Waals surface area (Å²) in [6, 6.07) is 3.95. The summed E-state index contributed by atoms with van der Waals surface area (Å²) in [4.78, 5) is -0.0681. The van der Waals surface area contributed by atoms with E-state index in [-0.39, 0.29) is 26.7 Å². The molecular weight excluding hydrogens is 516 g/mol. The summed E-state index contributed by atoms with van der Waals surface area (Å²) in [5.74, 6) is -5.35. The van der Waals surface area contributed by atoms with Crippen LogP contribution in [0.4, 0.5) is 17.6 Å². The van der Waals surface area contributed by atoms with E-state index in [2.05, 4.69) is 10.3 Å². The number of aromatic nitrogens is 3. The van der Waals surface area contributed by atoms with Crippen LogP contribution in [0.2, 0.25) is 5.02 Å². The van der Waals surface area contributed by atoms with Crippen molar-refractivity contribution in [2.45, 2.75) is 34.7 Å². The lowest BCUT2D eigenvalue weighted by atomic mass is 9.97. The first-order valence-electron chi connectivity index (χ1n) is 9.89. The van der Waals surface area contributed by atoms with Gasteiger partial charge in [-0.25, -0.2) is 22.2 Å². The molecule has 0 saturated carbocycles. The number of ether oxygens (including phenoxy) is 1. The van der Waals surface area contributed by atoms with Gasteiger partial charge >= 0.3 is 0 Å². The van der Waals surface area contributed by atoms with E-state index < -0.39 is 59.7 Å². The quantitative estimate of drug-likeness (QED) is 0.340. The number of aliphatic hydroxyl groups is 3. The van der Waals surface area contributed by atoms with Crippen LogP contribution in [0.1, 0.15) is 11.6 Å². The molecule has 4 rings (SSSR count). The van der Waals surface area contributed by atoms with Gasteiger partial charge in [0.05, 0.1) is 23.4 Å². The van der Waals surface area contributed by atoms with Crippen LogP contribution < -0.4 is 0 Å². The van der Waals surface area contributed by atoms with Gasteiger partial charge in [-0.3, -0.25) is 0 Å². The Morgan fingerprint density at radius 2 is 1.77 bits per heavy atom. The second kappa shape index (κ2) is 10.1. The molecule has 184 valence electrons. The van der Waals surface area contributed by atoms with Gasteiger partial charge in [0.2, 0.25) is 0 Å². The molecule has 14 heteroatoms. The molecule has 0 amide bonds. The molecule has 1 saturated heterocycles. The van der Waals surface area contributed by atoms with E-state index in [9.17, 15) is 32.9 Å². The number of benzene rings is 2. The molecule has 1 aliphatic heterocycles. The van der Waals surface area contributed by atoms with Crippen molar-refractivity contribution >= 4 is 23.4 Å². The Morgan fingerprint density at radius 1 is 1.09 bits per heavy atom. The van der Waals surface area contributed by atoms with Crippen molar-refractivity contribution in [3.05, 3.63) is 64.3 Å². The van der Waals surface area contributed by atoms with E-state index in [0.717, 1.165) is 16.9 Å². The summed E-state index contributed by atoms with van der Waals surface area (Å²) in [5.41, 5.74) is -1.58. The SMILES string of the molecule is N#Cc1cc(F)c(S[C@H]2OC(CO)[C@H](O)C(n3cc(-c4cc(F)c(F)c(F)c4)nn3)C2O)cc1Cl. The summed E-state index contributed by atoms with van der Waals surface area (Å²) in [7, 11) is 0. The van der Waals surface area contributed by atoms with Crippen LogP contribution in [0.3, 0.4) is 0 Å². The number of nitrogens with zero attached hydrogens (tertiary/aromatic N) is 4. The Hall–Kier alpha value is -2.73. The zero-order valence-corrected chi connectivity index (χ0v) is 18.9. The van der Waals surface area contributed by atoms with Gasteiger partial charge in [0.25, 0.3) is 0 Å². The summed E-state index contributed by atoms with van der Waals surface area (Å²) in [5, 5.41) is 47.8. The highest BCUT2D eigenvalue weighted by atomic mass is 35.5. The van der Waals surface area contributed by atoms with Crippen molar-refractivity contribution in [3.8, 4) is 17.3 Å². The van der Waals surface area contributed by atoms with Crippen LogP contribution in [-0.4, -0.2) is 60.7 Å². The molecular formula is C21H15ClF4N4O4S. The first kappa shape index (κ1) is 25.4. The van der Waals surface area contributed by atoms with Crippen LogP contribution in [0.15, 0.2) is 35.4 Å². The number of halogens is 5. The third-order valence-electron chi connectivity index (χ3n) is 5.33. The molecule has 2 aromatic carbocycles. The van der Waals surface area contributed by atoms with Gasteiger partial charge in [-0.1, -0.05) is 28.6 Å². The molecule has 0 aliphatic carbocycles. The van der Waals surface area contributed by atoms with Gasteiger partial charge in [0.15, 0.2) is 17.5 Å². The fraction of sp³-hybridized carbons (Fsp3) is 0.286. The zero-order chi connectivity index (χ0) is 25.4. The molecule has 5 atom stereocenters. The Labute approximate surface area is 204 Å². The molecule has 1 aromatic heterocycles. The average molecular weight is 531 g/mol. The molecule has 35 heavy (non-hydrogen) atoms. The molecule has 2 heterocycles. The van der Waals surface area contributed by atoms with E-state index in [1.54, 1.807) is 6.07 Å². The number of thioether (sulfide) groups is 1. The molecule has 0 spiro atoms. The van der Waals surface area contributed by atoms with Crippen molar-refractivity contribution in [3.63, 3.8) is 0 Å². The topological polar surface area (TPSA) is 124 Å². The van der Waals surface area contributed by atoms with Gasteiger partial charge < -0.3 is 20.1 Å². The Bertz CT molecular complexity index is 1280. The number of nitriles is 1. The fourth-order valence-electron chi connectivity index (χ4n) is 3.57. The van der Waals surface area contributed by atoms with Gasteiger partial charge in [0, 0.05) is 10.5 Å². The summed E-state index contributed by atoms with van der Waals surface area (Å²) < 4.78 is 61.5. The predicted octanol–water partition coefficient (Wildman–Crippen LogP) is 2.80. The molecule has 1 aliphatic rings. The van der Waals surface area contributed by atoms with Crippen LogP contribution in [-0.2, 0) is 4.74 Å². The van der Waals surface area contributed by atoms with Gasteiger partial charge in [-0.2, -0.15) is 5.26 Å². The molecule has 1 fully saturated rings. The Kier molecular flexibility index (Phi) is 7.32. The fourth-order valence-corrected chi connectivity index (χ4v) is 4.94. The highest BCUT2D eigenvalue weighted by molar-refractivity contribution is 7.99. The Morgan fingerprint density at radius 3 is 2.40 bits per heavy atom. The number of hydrogen-bond donors (Lipinski definition) is 3. The minimum absolute atomic E-state index is 0.0309. The van der Waals surface area contributed by atoms with Crippen molar-refractivity contribution in [1.82, 2.24) is 15.0 Å². The van der Waals surface area contributed by atoms with Gasteiger partial charge in [-0.15, -0.1) is 5.10 Å². The van der Waals surface area contributed by atoms with Crippen molar-refractivity contribution < 1.29 is 37.6 Å². The minimum atomic E-state index is -1.66. The average Bonchev–Trinajstić information content (AvgIpc) is 3.30. The maximum absolute atomic E-state index is 14.5. The van der Waals surface area contributed by atoms with Gasteiger partial charge in [0.1, 0.15) is 47.4 Å². The van der Waals surface area contributed by atoms with Crippen LogP contribution in [0.5, 0.6) is 0 Å². The molecule has 8 nitrogen and oxygen atoms in total. The van der Waals surface area contributed by atoms with Crippen LogP contribution in [0, 0.1) is 34.6 Å². The second-order valence-corrected chi connectivity index (χ2v) is 9.07. The molecule has 3 aromatic rings. The second-order valence-electron chi connectivity index (χ2n) is 7.53. The molecule has 3 N–H and O–H groups in total. The lowest BCUT2D eigenvalue weighted by Crippen LogP contribution is -2.55. The standard InChI is InChI=1S/C21H15ClF4N4O4S/c22-10-4-16(11(23)3-9(10)5-27)35-21-20(33)18(19(32)15(7-31)34-21)30-6-14(28-29-30)8-1-12(24)17(26)13(25)2-8/h1-4,6,15,18-21,31-33H,7H2/t15?,18?,19-,20?,21+/m0/s1. The van der Waals surface area contributed by atoms with E-state index in [4.69, 9.17) is 21.6 Å². The number of hydrogen-bond acceptors (Lipinski definition) is 8. The molecule has 0 bridgehead atoms. The lowest BCUT2D eigenvalue weighted by molar-refractivity contribution is -0.178. The monoisotopic (exact) mass is 530 g/mol. The summed E-state index contributed by atoms with van der Waals surface area (Å²) in [6.07, 6.45) is -3.14. The van der Waals surface area contributed by atoms with Crippen molar-refractivity contribution in [2.24, 2.45) is 0 Å². The normalized spacial score (nSPS) is 24.4. The molecule has 0 radical (unpaired) electrons. The third kappa shape index (κ3) is 4.86. The van der Waals surface area contributed by atoms with E-state index in [0.29, 0.717) is 23.9 Å². The van der Waals surface area contributed by atoms with E-state index >= 15 is 0 Å². The smallest absolute Gasteiger partial charge is 0.194 e. The molecule has 3 unspecified atom stereocenters. The van der Waals surface area contributed by atoms with Crippen LogP contribution in [0.25, 0.3) is 11.3 Å². The minimum Gasteiger partial charge on any atom is -0.394 e. The lowest BCUT2D eigenvalue weighted by Gasteiger charge is -2.41. The van der Waals surface area contributed by atoms with Crippen LogP contribution >= 0.6 is 23.4 Å². The Balaban J connectivity index is 1.65. The largest absolute Gasteiger partial charge is 0.394 e. The first-order valence-corrected chi connectivity index (χ1v) is 11.1. The first-order chi connectivity index (χ1) is 16.6. The maximum atomic E-state index is 14.5. The summed E-state index contributed by atoms with van der Waals surface area (Å²) in [6.45, 7) is -0.673. The maximum Gasteiger partial charge on any atom is 0.194 e.